The van der Waals surface area contributed by atoms with Gasteiger partial charge in [0.25, 0.3) is 5.56 Å². The fraction of sp³-hybridized carbons (Fsp3) is 0.167. The molecule has 0 unspecified atom stereocenters. The lowest BCUT2D eigenvalue weighted by Gasteiger charge is -2.02. The summed E-state index contributed by atoms with van der Waals surface area (Å²) in [6.07, 6.45) is 5.26. The molecule has 0 fully saturated rings. The molecular weight excluding hydrogens is 262 g/mol. The van der Waals surface area contributed by atoms with Crippen molar-refractivity contribution in [3.05, 3.63) is 34.7 Å². The van der Waals surface area contributed by atoms with Crippen LogP contribution in [0.4, 0.5) is 5.69 Å². The Morgan fingerprint density at radius 2 is 2.37 bits per heavy atom. The van der Waals surface area contributed by atoms with Crippen LogP contribution in [0.1, 0.15) is 0 Å². The first-order chi connectivity index (χ1) is 9.15. The second-order valence-corrected chi connectivity index (χ2v) is 4.50. The lowest BCUT2D eigenvalue weighted by Crippen LogP contribution is -2.18. The van der Waals surface area contributed by atoms with Gasteiger partial charge in [0, 0.05) is 12.4 Å². The number of thioether (sulfide) groups is 1. The zero-order valence-corrected chi connectivity index (χ0v) is 11.2. The van der Waals surface area contributed by atoms with Crippen LogP contribution >= 0.6 is 11.8 Å². The second kappa shape index (κ2) is 5.54. The zero-order chi connectivity index (χ0) is 13.8. The topological polar surface area (TPSA) is 83.1 Å². The monoisotopic (exact) mass is 273 g/mol. The second-order valence-electron chi connectivity index (χ2n) is 3.70. The SMILES string of the molecule is CSC(=Nc1ccc2c(=O)n(C)ncc2c1)NC#N. The molecule has 0 aliphatic rings. The summed E-state index contributed by atoms with van der Waals surface area (Å²) < 4.78 is 1.29. The Morgan fingerprint density at radius 1 is 1.58 bits per heavy atom. The fourth-order valence-corrected chi connectivity index (χ4v) is 1.93. The summed E-state index contributed by atoms with van der Waals surface area (Å²) in [7, 11) is 1.61. The van der Waals surface area contributed by atoms with Gasteiger partial charge < -0.3 is 0 Å². The Bertz CT molecular complexity index is 744. The lowest BCUT2D eigenvalue weighted by molar-refractivity contribution is 0.718. The van der Waals surface area contributed by atoms with E-state index in [2.05, 4.69) is 15.4 Å². The molecule has 0 spiro atoms. The predicted octanol–water partition coefficient (Wildman–Crippen LogP) is 1.35. The summed E-state index contributed by atoms with van der Waals surface area (Å²) in [6.45, 7) is 0. The first-order valence-corrected chi connectivity index (χ1v) is 6.62. The molecule has 0 saturated heterocycles. The molecule has 0 radical (unpaired) electrons. The molecule has 0 saturated carbocycles. The van der Waals surface area contributed by atoms with Crippen molar-refractivity contribution in [1.82, 2.24) is 15.1 Å². The highest BCUT2D eigenvalue weighted by Crippen LogP contribution is 2.19. The van der Waals surface area contributed by atoms with Crippen LogP contribution in [0.5, 0.6) is 0 Å². The van der Waals surface area contributed by atoms with Crippen molar-refractivity contribution in [3.63, 3.8) is 0 Å². The van der Waals surface area contributed by atoms with Crippen LogP contribution in [-0.2, 0) is 7.05 Å². The van der Waals surface area contributed by atoms with Crippen molar-refractivity contribution in [2.24, 2.45) is 12.0 Å². The van der Waals surface area contributed by atoms with Crippen molar-refractivity contribution >= 4 is 33.4 Å². The maximum Gasteiger partial charge on any atom is 0.274 e. The van der Waals surface area contributed by atoms with Gasteiger partial charge in [-0.3, -0.25) is 10.1 Å². The highest BCUT2D eigenvalue weighted by atomic mass is 32.2. The maximum absolute atomic E-state index is 11.8. The van der Waals surface area contributed by atoms with Gasteiger partial charge in [0.1, 0.15) is 0 Å². The molecule has 0 aliphatic heterocycles. The average Bonchev–Trinajstić information content (AvgIpc) is 2.42. The minimum Gasteiger partial charge on any atom is -0.271 e. The van der Waals surface area contributed by atoms with Crippen LogP contribution in [0.2, 0.25) is 0 Å². The molecule has 96 valence electrons. The predicted molar refractivity (Wildman–Crippen MR) is 76.3 cm³/mol. The lowest BCUT2D eigenvalue weighted by atomic mass is 10.2. The summed E-state index contributed by atoms with van der Waals surface area (Å²) in [5.74, 6) is 0. The number of nitrogens with zero attached hydrogens (tertiary/aromatic N) is 4. The summed E-state index contributed by atoms with van der Waals surface area (Å²) in [5, 5.41) is 16.8. The zero-order valence-electron chi connectivity index (χ0n) is 10.4. The van der Waals surface area contributed by atoms with Gasteiger partial charge in [0.05, 0.1) is 17.3 Å². The van der Waals surface area contributed by atoms with E-state index in [0.29, 0.717) is 16.2 Å². The third kappa shape index (κ3) is 2.74. The molecular formula is C12H11N5OS. The van der Waals surface area contributed by atoms with Crippen LogP contribution in [-0.4, -0.2) is 21.2 Å². The molecule has 1 N–H and O–H groups in total. The Morgan fingerprint density at radius 3 is 3.05 bits per heavy atom. The summed E-state index contributed by atoms with van der Waals surface area (Å²) in [4.78, 5) is 16.1. The number of aryl methyl sites for hydroxylation is 1. The first-order valence-electron chi connectivity index (χ1n) is 5.39. The molecule has 1 aromatic carbocycles. The molecule has 2 aromatic rings. The highest BCUT2D eigenvalue weighted by Gasteiger charge is 2.03. The van der Waals surface area contributed by atoms with E-state index in [1.807, 2.05) is 12.4 Å². The Balaban J connectivity index is 2.52. The number of nitriles is 1. The number of aromatic nitrogens is 2. The minimum atomic E-state index is -0.145. The van der Waals surface area contributed by atoms with E-state index in [4.69, 9.17) is 5.26 Å². The van der Waals surface area contributed by atoms with Crippen molar-refractivity contribution in [3.8, 4) is 6.19 Å². The quantitative estimate of drug-likeness (QED) is 0.367. The van der Waals surface area contributed by atoms with Gasteiger partial charge >= 0.3 is 0 Å². The van der Waals surface area contributed by atoms with Crippen molar-refractivity contribution in [2.75, 3.05) is 6.26 Å². The summed E-state index contributed by atoms with van der Waals surface area (Å²) in [5.41, 5.74) is 0.517. The van der Waals surface area contributed by atoms with Crippen LogP contribution in [0.15, 0.2) is 34.2 Å². The van der Waals surface area contributed by atoms with Crippen molar-refractivity contribution in [1.29, 1.82) is 5.26 Å². The normalized spacial score (nSPS) is 11.3. The van der Waals surface area contributed by atoms with Crippen LogP contribution < -0.4 is 10.9 Å². The minimum absolute atomic E-state index is 0.145. The van der Waals surface area contributed by atoms with Gasteiger partial charge in [-0.15, -0.1) is 0 Å². The standard InChI is InChI=1S/C12H11N5OS/c1-17-11(18)10-4-3-9(5-8(10)6-15-17)16-12(19-2)14-7-13/h3-6H,1-2H3,(H,14,16). The van der Waals surface area contributed by atoms with Crippen LogP contribution in [0.3, 0.4) is 0 Å². The van der Waals surface area contributed by atoms with E-state index in [1.165, 1.54) is 16.4 Å². The molecule has 6 nitrogen and oxygen atoms in total. The van der Waals surface area contributed by atoms with E-state index >= 15 is 0 Å². The molecule has 0 amide bonds. The molecule has 1 heterocycles. The third-order valence-corrected chi connectivity index (χ3v) is 3.10. The van der Waals surface area contributed by atoms with Gasteiger partial charge in [-0.2, -0.15) is 10.4 Å². The number of hydrogen-bond donors (Lipinski definition) is 1. The number of benzene rings is 1. The van der Waals surface area contributed by atoms with Gasteiger partial charge in [0.15, 0.2) is 11.4 Å². The summed E-state index contributed by atoms with van der Waals surface area (Å²) in [6, 6.07) is 5.21. The Hall–Kier alpha value is -2.33. The smallest absolute Gasteiger partial charge is 0.271 e. The van der Waals surface area contributed by atoms with E-state index in [1.54, 1.807) is 31.4 Å². The number of rotatable bonds is 1. The number of fused-ring (bicyclic) bond motifs is 1. The fourth-order valence-electron chi connectivity index (χ4n) is 1.59. The third-order valence-electron chi connectivity index (χ3n) is 2.52. The Labute approximate surface area is 113 Å². The molecule has 0 bridgehead atoms. The molecule has 2 rings (SSSR count). The van der Waals surface area contributed by atoms with Crippen LogP contribution in [0.25, 0.3) is 10.8 Å². The molecule has 7 heteroatoms. The first kappa shape index (κ1) is 13.1. The number of nitrogens with one attached hydrogen (secondary N) is 1. The average molecular weight is 273 g/mol. The molecule has 1 aromatic heterocycles. The van der Waals surface area contributed by atoms with Crippen molar-refractivity contribution in [2.45, 2.75) is 0 Å². The molecule has 19 heavy (non-hydrogen) atoms. The largest absolute Gasteiger partial charge is 0.274 e. The van der Waals surface area contributed by atoms with E-state index in [-0.39, 0.29) is 5.56 Å². The van der Waals surface area contributed by atoms with Crippen LogP contribution in [0, 0.1) is 11.5 Å². The highest BCUT2D eigenvalue weighted by molar-refractivity contribution is 8.13. The number of aliphatic imine (C=N–C) groups is 1. The molecule has 0 atom stereocenters. The summed E-state index contributed by atoms with van der Waals surface area (Å²) >= 11 is 1.34. The van der Waals surface area contributed by atoms with Gasteiger partial charge in [-0.25, -0.2) is 9.67 Å². The van der Waals surface area contributed by atoms with Crippen molar-refractivity contribution < 1.29 is 0 Å². The van der Waals surface area contributed by atoms with Gasteiger partial charge in [-0.1, -0.05) is 11.8 Å². The van der Waals surface area contributed by atoms with E-state index in [0.717, 1.165) is 5.39 Å². The molecule has 0 aliphatic carbocycles. The Kier molecular flexibility index (Phi) is 3.82. The van der Waals surface area contributed by atoms with Gasteiger partial charge in [-0.05, 0) is 24.5 Å². The van der Waals surface area contributed by atoms with E-state index in [9.17, 15) is 4.79 Å². The van der Waals surface area contributed by atoms with Gasteiger partial charge in [0.2, 0.25) is 0 Å². The number of hydrogen-bond acceptors (Lipinski definition) is 5. The maximum atomic E-state index is 11.8. The van der Waals surface area contributed by atoms with E-state index < -0.39 is 0 Å². The number of amidine groups is 1.